The highest BCUT2D eigenvalue weighted by molar-refractivity contribution is 7.98. The molecule has 1 unspecified atom stereocenters. The number of nitrogens with one attached hydrogen (secondary N) is 1. The highest BCUT2D eigenvalue weighted by Gasteiger charge is 2.13. The van der Waals surface area contributed by atoms with Crippen LogP contribution in [0.2, 0.25) is 0 Å². The summed E-state index contributed by atoms with van der Waals surface area (Å²) in [4.78, 5) is 15.0. The third-order valence-electron chi connectivity index (χ3n) is 1.94. The second-order valence-electron chi connectivity index (χ2n) is 3.47. The number of pyridine rings is 1. The van der Waals surface area contributed by atoms with Crippen LogP contribution in [-0.2, 0) is 0 Å². The number of nitrogens with zero attached hydrogens (tertiary/aromatic N) is 1. The SMILES string of the molecule is CSCC(C)Nc1ncc(N)cc1C(=O)O. The Bertz CT molecular complexity index is 384. The average Bonchev–Trinajstić information content (AvgIpc) is 2.20. The molecule has 0 aliphatic rings. The number of aromatic nitrogens is 1. The van der Waals surface area contributed by atoms with Gasteiger partial charge in [-0.25, -0.2) is 9.78 Å². The summed E-state index contributed by atoms with van der Waals surface area (Å²) in [7, 11) is 0. The molecule has 5 nitrogen and oxygen atoms in total. The summed E-state index contributed by atoms with van der Waals surface area (Å²) in [6.07, 6.45) is 3.44. The van der Waals surface area contributed by atoms with Gasteiger partial charge in [0.15, 0.2) is 0 Å². The van der Waals surface area contributed by atoms with Gasteiger partial charge in [-0.05, 0) is 19.2 Å². The first-order valence-corrected chi connectivity index (χ1v) is 6.18. The Hall–Kier alpha value is -1.43. The van der Waals surface area contributed by atoms with Crippen LogP contribution < -0.4 is 11.1 Å². The van der Waals surface area contributed by atoms with Gasteiger partial charge < -0.3 is 16.2 Å². The van der Waals surface area contributed by atoms with E-state index in [0.717, 1.165) is 5.75 Å². The minimum atomic E-state index is -1.03. The first-order chi connectivity index (χ1) is 7.54. The van der Waals surface area contributed by atoms with Crippen molar-refractivity contribution in [3.8, 4) is 0 Å². The van der Waals surface area contributed by atoms with Gasteiger partial charge in [-0.1, -0.05) is 0 Å². The molecule has 0 saturated carbocycles. The van der Waals surface area contributed by atoms with Crippen molar-refractivity contribution < 1.29 is 9.90 Å². The van der Waals surface area contributed by atoms with E-state index in [1.54, 1.807) is 11.8 Å². The normalized spacial score (nSPS) is 12.1. The van der Waals surface area contributed by atoms with Crippen molar-refractivity contribution in [3.05, 3.63) is 17.8 Å². The molecule has 0 saturated heterocycles. The predicted octanol–water partition coefficient (Wildman–Crippen LogP) is 1.53. The molecule has 1 atom stereocenters. The van der Waals surface area contributed by atoms with Crippen LogP contribution in [0.1, 0.15) is 17.3 Å². The van der Waals surface area contributed by atoms with Crippen LogP contribution in [0.5, 0.6) is 0 Å². The lowest BCUT2D eigenvalue weighted by molar-refractivity contribution is 0.0697. The van der Waals surface area contributed by atoms with Crippen molar-refractivity contribution in [1.29, 1.82) is 0 Å². The second-order valence-corrected chi connectivity index (χ2v) is 4.38. The minimum Gasteiger partial charge on any atom is -0.478 e. The number of hydrogen-bond donors (Lipinski definition) is 3. The molecule has 0 aliphatic carbocycles. The molecule has 0 spiro atoms. The number of anilines is 2. The molecule has 0 radical (unpaired) electrons. The van der Waals surface area contributed by atoms with Gasteiger partial charge in [0.05, 0.1) is 11.9 Å². The molecule has 1 heterocycles. The highest BCUT2D eigenvalue weighted by atomic mass is 32.2. The molecule has 0 amide bonds. The Kier molecular flexibility index (Phi) is 4.42. The molecule has 0 aliphatic heterocycles. The number of rotatable bonds is 5. The van der Waals surface area contributed by atoms with Crippen molar-refractivity contribution in [2.45, 2.75) is 13.0 Å². The van der Waals surface area contributed by atoms with E-state index in [4.69, 9.17) is 10.8 Å². The van der Waals surface area contributed by atoms with E-state index < -0.39 is 5.97 Å². The number of nitrogen functional groups attached to an aromatic ring is 1. The smallest absolute Gasteiger partial charge is 0.339 e. The lowest BCUT2D eigenvalue weighted by Gasteiger charge is -2.14. The lowest BCUT2D eigenvalue weighted by atomic mass is 10.2. The van der Waals surface area contributed by atoms with Crippen LogP contribution in [-0.4, -0.2) is 34.1 Å². The maximum absolute atomic E-state index is 11.0. The van der Waals surface area contributed by atoms with Gasteiger partial charge >= 0.3 is 5.97 Å². The van der Waals surface area contributed by atoms with E-state index in [2.05, 4.69) is 10.3 Å². The van der Waals surface area contributed by atoms with E-state index in [-0.39, 0.29) is 11.6 Å². The standard InChI is InChI=1S/C10H15N3O2S/c1-6(5-16-2)13-9-8(10(14)15)3-7(11)4-12-9/h3-4,6H,5,11H2,1-2H3,(H,12,13)(H,14,15). The Morgan fingerprint density at radius 3 is 3.00 bits per heavy atom. The number of aromatic carboxylic acids is 1. The van der Waals surface area contributed by atoms with E-state index in [0.29, 0.717) is 11.5 Å². The maximum atomic E-state index is 11.0. The summed E-state index contributed by atoms with van der Waals surface area (Å²) in [5.41, 5.74) is 5.95. The van der Waals surface area contributed by atoms with Gasteiger partial charge in [0, 0.05) is 11.8 Å². The van der Waals surface area contributed by atoms with Crippen molar-refractivity contribution in [3.63, 3.8) is 0 Å². The third-order valence-corrected chi connectivity index (χ3v) is 2.77. The molecule has 0 fully saturated rings. The molecule has 88 valence electrons. The number of nitrogens with two attached hydrogens (primary N) is 1. The molecule has 0 aromatic carbocycles. The van der Waals surface area contributed by atoms with Gasteiger partial charge in [-0.15, -0.1) is 0 Å². The second kappa shape index (κ2) is 5.60. The molecule has 1 aromatic heterocycles. The van der Waals surface area contributed by atoms with Crippen molar-refractivity contribution in [1.82, 2.24) is 4.98 Å². The topological polar surface area (TPSA) is 88.2 Å². The number of carboxylic acids is 1. The number of thioether (sulfide) groups is 1. The number of carboxylic acid groups (broad SMARTS) is 1. The van der Waals surface area contributed by atoms with E-state index >= 15 is 0 Å². The Morgan fingerprint density at radius 2 is 2.44 bits per heavy atom. The van der Waals surface area contributed by atoms with Crippen LogP contribution in [0, 0.1) is 0 Å². The Morgan fingerprint density at radius 1 is 1.75 bits per heavy atom. The summed E-state index contributed by atoms with van der Waals surface area (Å²) in [5, 5.41) is 12.0. The van der Waals surface area contributed by atoms with Gasteiger partial charge in [-0.2, -0.15) is 11.8 Å². The zero-order chi connectivity index (χ0) is 12.1. The maximum Gasteiger partial charge on any atom is 0.339 e. The van der Waals surface area contributed by atoms with Crippen LogP contribution >= 0.6 is 11.8 Å². The molecule has 1 aromatic rings. The summed E-state index contributed by atoms with van der Waals surface area (Å²) >= 11 is 1.68. The third kappa shape index (κ3) is 3.30. The minimum absolute atomic E-state index is 0.105. The summed E-state index contributed by atoms with van der Waals surface area (Å²) in [5.74, 6) is 0.215. The van der Waals surface area contributed by atoms with Crippen LogP contribution in [0.3, 0.4) is 0 Å². The highest BCUT2D eigenvalue weighted by Crippen LogP contribution is 2.17. The zero-order valence-corrected chi connectivity index (χ0v) is 10.0. The molecule has 6 heteroatoms. The fraction of sp³-hybridized carbons (Fsp3) is 0.400. The quantitative estimate of drug-likeness (QED) is 0.724. The van der Waals surface area contributed by atoms with Gasteiger partial charge in [0.1, 0.15) is 11.4 Å². The van der Waals surface area contributed by atoms with Crippen LogP contribution in [0.25, 0.3) is 0 Å². The monoisotopic (exact) mass is 241 g/mol. The molecule has 0 bridgehead atoms. The van der Waals surface area contributed by atoms with E-state index in [9.17, 15) is 4.79 Å². The molecular weight excluding hydrogens is 226 g/mol. The largest absolute Gasteiger partial charge is 0.478 e. The number of carbonyl (C=O) groups is 1. The van der Waals surface area contributed by atoms with Crippen LogP contribution in [0.4, 0.5) is 11.5 Å². The molecular formula is C10H15N3O2S. The van der Waals surface area contributed by atoms with Gasteiger partial charge in [0.2, 0.25) is 0 Å². The summed E-state index contributed by atoms with van der Waals surface area (Å²) in [6.45, 7) is 1.97. The molecule has 4 N–H and O–H groups in total. The van der Waals surface area contributed by atoms with Gasteiger partial charge in [-0.3, -0.25) is 0 Å². The summed E-state index contributed by atoms with van der Waals surface area (Å²) < 4.78 is 0. The number of hydrogen-bond acceptors (Lipinski definition) is 5. The van der Waals surface area contributed by atoms with E-state index in [1.807, 2.05) is 13.2 Å². The first-order valence-electron chi connectivity index (χ1n) is 4.79. The Balaban J connectivity index is 2.90. The van der Waals surface area contributed by atoms with Crippen molar-refractivity contribution in [2.75, 3.05) is 23.1 Å². The van der Waals surface area contributed by atoms with Crippen molar-refractivity contribution >= 4 is 29.2 Å². The lowest BCUT2D eigenvalue weighted by Crippen LogP contribution is -2.20. The van der Waals surface area contributed by atoms with Crippen molar-refractivity contribution in [2.24, 2.45) is 0 Å². The predicted molar refractivity (Wildman–Crippen MR) is 67.1 cm³/mol. The summed E-state index contributed by atoms with van der Waals surface area (Å²) in [6, 6.07) is 1.56. The van der Waals surface area contributed by atoms with Crippen LogP contribution in [0.15, 0.2) is 12.3 Å². The average molecular weight is 241 g/mol. The molecule has 16 heavy (non-hydrogen) atoms. The fourth-order valence-electron chi connectivity index (χ4n) is 1.28. The van der Waals surface area contributed by atoms with Gasteiger partial charge in [0.25, 0.3) is 0 Å². The molecule has 1 rings (SSSR count). The Labute approximate surface area is 98.4 Å². The van der Waals surface area contributed by atoms with E-state index in [1.165, 1.54) is 12.3 Å². The fourth-order valence-corrected chi connectivity index (χ4v) is 1.87. The first kappa shape index (κ1) is 12.6. The zero-order valence-electron chi connectivity index (χ0n) is 9.23.